The maximum Gasteiger partial charge on any atom is 0.308 e. The Morgan fingerprint density at radius 1 is 1.10 bits per heavy atom. The van der Waals surface area contributed by atoms with E-state index in [0.29, 0.717) is 34.5 Å². The summed E-state index contributed by atoms with van der Waals surface area (Å²) in [6.45, 7) is 0.117. The molecule has 5 rings (SSSR count). The van der Waals surface area contributed by atoms with E-state index in [4.69, 9.17) is 18.9 Å². The van der Waals surface area contributed by atoms with Crippen molar-refractivity contribution in [3.05, 3.63) is 56.5 Å². The smallest absolute Gasteiger partial charge is 0.308 e. The van der Waals surface area contributed by atoms with Crippen LogP contribution in [0.2, 0.25) is 0 Å². The summed E-state index contributed by atoms with van der Waals surface area (Å²) in [4.78, 5) is 28.3. The van der Waals surface area contributed by atoms with Crippen LogP contribution in [-0.4, -0.2) is 31.5 Å². The van der Waals surface area contributed by atoms with E-state index in [1.165, 1.54) is 4.57 Å². The standard InChI is InChI=1S/C22H20N2O6S/c1-23-21-20(31-22(23)26)15(12-7-16(28-3)19-17(8-12)29-11-30-19)10-18(25)24(21)13-5-4-6-14(9-13)27-2/h4-9,15H,10-11H2,1-3H3. The van der Waals surface area contributed by atoms with Gasteiger partial charge in [-0.2, -0.15) is 0 Å². The molecule has 31 heavy (non-hydrogen) atoms. The van der Waals surface area contributed by atoms with Crippen LogP contribution < -0.4 is 28.7 Å². The minimum atomic E-state index is -0.299. The van der Waals surface area contributed by atoms with Crippen LogP contribution in [0.1, 0.15) is 22.8 Å². The highest BCUT2D eigenvalue weighted by Gasteiger charge is 2.38. The van der Waals surface area contributed by atoms with Crippen molar-refractivity contribution in [3.8, 4) is 23.0 Å². The molecule has 0 N–H and O–H groups in total. The molecule has 3 heterocycles. The molecule has 0 aliphatic carbocycles. The molecule has 0 saturated carbocycles. The van der Waals surface area contributed by atoms with Crippen molar-refractivity contribution >= 4 is 28.7 Å². The Morgan fingerprint density at radius 2 is 1.94 bits per heavy atom. The molecule has 2 aliphatic heterocycles. The molecule has 0 saturated heterocycles. The Morgan fingerprint density at radius 3 is 2.71 bits per heavy atom. The number of hydrogen-bond acceptors (Lipinski definition) is 7. The Labute approximate surface area is 182 Å². The van der Waals surface area contributed by atoms with Crippen molar-refractivity contribution < 1.29 is 23.7 Å². The van der Waals surface area contributed by atoms with Gasteiger partial charge in [0.25, 0.3) is 0 Å². The fourth-order valence-electron chi connectivity index (χ4n) is 4.06. The third-order valence-corrected chi connectivity index (χ3v) is 6.70. The molecule has 0 radical (unpaired) electrons. The van der Waals surface area contributed by atoms with Crippen LogP contribution in [0.3, 0.4) is 0 Å². The molecule has 160 valence electrons. The van der Waals surface area contributed by atoms with Crippen LogP contribution in [0, 0.1) is 0 Å². The first-order valence-electron chi connectivity index (χ1n) is 9.66. The van der Waals surface area contributed by atoms with Gasteiger partial charge in [0.2, 0.25) is 18.4 Å². The SMILES string of the molecule is COc1cccc(N2C(=O)CC(c3cc(OC)c4c(c3)OCO4)c3sc(=O)n(C)c32)c1. The highest BCUT2D eigenvalue weighted by molar-refractivity contribution is 7.10. The van der Waals surface area contributed by atoms with Gasteiger partial charge < -0.3 is 18.9 Å². The first-order valence-corrected chi connectivity index (χ1v) is 10.5. The second-order valence-electron chi connectivity index (χ2n) is 7.26. The molecule has 0 spiro atoms. The molecule has 2 aliphatic rings. The quantitative estimate of drug-likeness (QED) is 0.619. The molecule has 0 fully saturated rings. The number of carbonyl (C=O) groups is 1. The summed E-state index contributed by atoms with van der Waals surface area (Å²) < 4.78 is 23.4. The maximum absolute atomic E-state index is 13.4. The van der Waals surface area contributed by atoms with E-state index in [1.807, 2.05) is 30.3 Å². The molecular formula is C22H20N2O6S. The Balaban J connectivity index is 1.66. The van der Waals surface area contributed by atoms with Gasteiger partial charge in [0, 0.05) is 25.5 Å². The van der Waals surface area contributed by atoms with E-state index >= 15 is 0 Å². The first kappa shape index (κ1) is 19.5. The number of nitrogens with zero attached hydrogens (tertiary/aromatic N) is 2. The molecule has 1 atom stereocenters. The van der Waals surface area contributed by atoms with Crippen LogP contribution in [0.15, 0.2) is 41.2 Å². The highest BCUT2D eigenvalue weighted by atomic mass is 32.1. The van der Waals surface area contributed by atoms with Crippen molar-refractivity contribution in [2.24, 2.45) is 7.05 Å². The van der Waals surface area contributed by atoms with E-state index < -0.39 is 0 Å². The van der Waals surface area contributed by atoms with Gasteiger partial charge >= 0.3 is 4.87 Å². The zero-order chi connectivity index (χ0) is 21.7. The van der Waals surface area contributed by atoms with E-state index in [-0.39, 0.29) is 29.9 Å². The van der Waals surface area contributed by atoms with Crippen LogP contribution >= 0.6 is 11.3 Å². The predicted octanol–water partition coefficient (Wildman–Crippen LogP) is 3.39. The molecule has 1 aromatic heterocycles. The summed E-state index contributed by atoms with van der Waals surface area (Å²) in [7, 11) is 4.82. The highest BCUT2D eigenvalue weighted by Crippen LogP contribution is 2.49. The van der Waals surface area contributed by atoms with Gasteiger partial charge in [-0.25, -0.2) is 0 Å². The summed E-state index contributed by atoms with van der Waals surface area (Å²) in [6.07, 6.45) is 0.201. The zero-order valence-corrected chi connectivity index (χ0v) is 18.0. The number of ether oxygens (including phenoxy) is 4. The van der Waals surface area contributed by atoms with Gasteiger partial charge in [-0.05, 0) is 29.8 Å². The lowest BCUT2D eigenvalue weighted by Crippen LogP contribution is -2.34. The summed E-state index contributed by atoms with van der Waals surface area (Å²) in [5.41, 5.74) is 1.49. The Bertz CT molecular complexity index is 1250. The number of benzene rings is 2. The molecular weight excluding hydrogens is 420 g/mol. The third-order valence-electron chi connectivity index (χ3n) is 5.56. The summed E-state index contributed by atoms with van der Waals surface area (Å²) >= 11 is 1.15. The second kappa shape index (κ2) is 7.35. The fraction of sp³-hybridized carbons (Fsp3) is 0.273. The van der Waals surface area contributed by atoms with Gasteiger partial charge in [-0.1, -0.05) is 17.4 Å². The van der Waals surface area contributed by atoms with Crippen molar-refractivity contribution in [3.63, 3.8) is 0 Å². The van der Waals surface area contributed by atoms with Gasteiger partial charge in [0.05, 0.1) is 24.8 Å². The number of fused-ring (bicyclic) bond motifs is 2. The molecule has 8 nitrogen and oxygen atoms in total. The monoisotopic (exact) mass is 440 g/mol. The average Bonchev–Trinajstić information content (AvgIpc) is 3.37. The Kier molecular flexibility index (Phi) is 4.62. The molecule has 9 heteroatoms. The number of hydrogen-bond donors (Lipinski definition) is 0. The van der Waals surface area contributed by atoms with Crippen molar-refractivity contribution in [1.29, 1.82) is 0 Å². The number of aromatic nitrogens is 1. The van der Waals surface area contributed by atoms with Crippen LogP contribution in [-0.2, 0) is 11.8 Å². The lowest BCUT2D eigenvalue weighted by Gasteiger charge is -2.32. The summed E-state index contributed by atoms with van der Waals surface area (Å²) in [6, 6.07) is 11.0. The summed E-state index contributed by atoms with van der Waals surface area (Å²) in [5.74, 6) is 2.45. The number of carbonyl (C=O) groups excluding carboxylic acids is 1. The van der Waals surface area contributed by atoms with E-state index in [9.17, 15) is 9.59 Å². The summed E-state index contributed by atoms with van der Waals surface area (Å²) in [5, 5.41) is 0. The second-order valence-corrected chi connectivity index (χ2v) is 8.25. The first-order chi connectivity index (χ1) is 15.0. The topological polar surface area (TPSA) is 79.2 Å². The Hall–Kier alpha value is -3.46. The lowest BCUT2D eigenvalue weighted by molar-refractivity contribution is -0.118. The largest absolute Gasteiger partial charge is 0.497 e. The van der Waals surface area contributed by atoms with Gasteiger partial charge in [-0.3, -0.25) is 19.1 Å². The van der Waals surface area contributed by atoms with Gasteiger partial charge in [0.15, 0.2) is 11.5 Å². The van der Waals surface area contributed by atoms with E-state index in [2.05, 4.69) is 0 Å². The van der Waals surface area contributed by atoms with E-state index in [1.54, 1.807) is 32.2 Å². The number of rotatable bonds is 4. The number of methoxy groups -OCH3 is 2. The predicted molar refractivity (Wildman–Crippen MR) is 115 cm³/mol. The molecule has 0 bridgehead atoms. The number of amides is 1. The third kappa shape index (κ3) is 3.04. The van der Waals surface area contributed by atoms with Crippen LogP contribution in [0.25, 0.3) is 0 Å². The minimum Gasteiger partial charge on any atom is -0.497 e. The lowest BCUT2D eigenvalue weighted by atomic mass is 9.90. The molecule has 3 aromatic rings. The van der Waals surface area contributed by atoms with Crippen LogP contribution in [0.5, 0.6) is 23.0 Å². The van der Waals surface area contributed by atoms with Gasteiger partial charge in [-0.15, -0.1) is 0 Å². The molecule has 1 unspecified atom stereocenters. The number of anilines is 2. The van der Waals surface area contributed by atoms with Crippen LogP contribution in [0.4, 0.5) is 11.5 Å². The van der Waals surface area contributed by atoms with Gasteiger partial charge in [0.1, 0.15) is 11.6 Å². The normalized spacial score (nSPS) is 16.9. The van der Waals surface area contributed by atoms with Crippen molar-refractivity contribution in [2.45, 2.75) is 12.3 Å². The molecule has 1 amide bonds. The number of thiazole rings is 1. The minimum absolute atomic E-state index is 0.115. The van der Waals surface area contributed by atoms with Crippen molar-refractivity contribution in [1.82, 2.24) is 4.57 Å². The average molecular weight is 440 g/mol. The molecule has 2 aromatic carbocycles. The van der Waals surface area contributed by atoms with Crippen molar-refractivity contribution in [2.75, 3.05) is 25.9 Å². The maximum atomic E-state index is 13.4. The van der Waals surface area contributed by atoms with E-state index in [0.717, 1.165) is 21.8 Å². The zero-order valence-electron chi connectivity index (χ0n) is 17.2. The fourth-order valence-corrected chi connectivity index (χ4v) is 5.15.